The number of thiocarbonyl (C=S) groups is 1. The van der Waals surface area contributed by atoms with E-state index in [-0.39, 0.29) is 17.9 Å². The summed E-state index contributed by atoms with van der Waals surface area (Å²) in [5, 5.41) is 16.2. The summed E-state index contributed by atoms with van der Waals surface area (Å²) in [6.07, 6.45) is 7.32. The molecular weight excluding hydrogens is 586 g/mol. The monoisotopic (exact) mass is 621 g/mol. The number of unbranched alkanes of at least 4 members (excludes halogenated alkanes) is 1. The molecule has 0 aromatic carbocycles. The molecule has 212 valence electrons. The van der Waals surface area contributed by atoms with E-state index in [4.69, 9.17) is 17.0 Å². The Labute approximate surface area is 241 Å². The Bertz CT molecular complexity index is 1260. The highest BCUT2D eigenvalue weighted by Crippen LogP contribution is 2.19. The number of halogens is 1. The van der Waals surface area contributed by atoms with E-state index in [1.54, 1.807) is 25.3 Å². The van der Waals surface area contributed by atoms with Crippen LogP contribution in [0.25, 0.3) is 0 Å². The first-order valence-corrected chi connectivity index (χ1v) is 14.4. The Kier molecular flexibility index (Phi) is 10.8. The van der Waals surface area contributed by atoms with Crippen LogP contribution in [0.3, 0.4) is 0 Å². The van der Waals surface area contributed by atoms with Crippen LogP contribution in [-0.4, -0.2) is 92.7 Å². The number of hydrogen-bond donors (Lipinski definition) is 3. The number of aryl methyl sites for hydroxylation is 1. The third kappa shape index (κ3) is 8.29. The molecule has 0 unspecified atom stereocenters. The van der Waals surface area contributed by atoms with E-state index in [1.165, 1.54) is 15.3 Å². The summed E-state index contributed by atoms with van der Waals surface area (Å²) in [4.78, 5) is 34.8. The molecule has 2 aliphatic heterocycles. The Morgan fingerprint density at radius 3 is 2.51 bits per heavy atom. The first-order valence-electron chi connectivity index (χ1n) is 13.2. The van der Waals surface area contributed by atoms with E-state index < -0.39 is 12.3 Å². The number of rotatable bonds is 11. The van der Waals surface area contributed by atoms with Gasteiger partial charge in [-0.05, 0) is 72.7 Å². The summed E-state index contributed by atoms with van der Waals surface area (Å²) in [7, 11) is 0. The highest BCUT2D eigenvalue weighted by atomic mass is 79.9. The minimum Gasteiger partial charge on any atom is -0.393 e. The normalized spacial score (nSPS) is 19.9. The fourth-order valence-electron chi connectivity index (χ4n) is 4.67. The van der Waals surface area contributed by atoms with Gasteiger partial charge in [-0.2, -0.15) is 0 Å². The highest BCUT2D eigenvalue weighted by molar-refractivity contribution is 9.10. The Balaban J connectivity index is 1.14. The standard InChI is InChI=1S/C26H36BrN7O4S/c1-19-17-34(23-7-5-21(18-35)38-23)26(37)33(24(19)36)10-3-2-9-31-12-14-32(15-13-31)11-8-28-25(39)30-22-6-4-20(27)16-29-22/h4-7,16-17,21,23,35H,2-3,8-15,18H2,1H3,(H2,28,29,30,39)/t21-,23+/m0/s1. The van der Waals surface area contributed by atoms with Gasteiger partial charge < -0.3 is 25.4 Å². The SMILES string of the molecule is Cc1cn([C@H]2C=C[C@@H](CO)O2)c(=O)n(CCCCN2CCN(CCNC(=S)Nc3ccc(Br)cn3)CC2)c1=O. The van der Waals surface area contributed by atoms with Gasteiger partial charge in [-0.3, -0.25) is 18.8 Å². The van der Waals surface area contributed by atoms with Gasteiger partial charge in [0.2, 0.25) is 0 Å². The summed E-state index contributed by atoms with van der Waals surface area (Å²) in [5.74, 6) is 0.707. The second kappa shape index (κ2) is 14.3. The fraction of sp³-hybridized carbons (Fsp3) is 0.538. The number of anilines is 1. The second-order valence-electron chi connectivity index (χ2n) is 9.72. The molecule has 2 atom stereocenters. The summed E-state index contributed by atoms with van der Waals surface area (Å²) < 4.78 is 9.31. The molecule has 2 aromatic heterocycles. The molecule has 0 bridgehead atoms. The van der Waals surface area contributed by atoms with Gasteiger partial charge in [-0.15, -0.1) is 0 Å². The molecule has 0 amide bonds. The number of hydrogen-bond acceptors (Lipinski definition) is 8. The zero-order valence-corrected chi connectivity index (χ0v) is 24.5. The molecule has 3 N–H and O–H groups in total. The average molecular weight is 623 g/mol. The number of ether oxygens (including phenoxy) is 1. The van der Waals surface area contributed by atoms with Crippen LogP contribution in [0.4, 0.5) is 5.82 Å². The van der Waals surface area contributed by atoms with Gasteiger partial charge in [-0.1, -0.05) is 6.08 Å². The van der Waals surface area contributed by atoms with Crippen molar-refractivity contribution in [2.45, 2.75) is 38.6 Å². The number of aromatic nitrogens is 3. The van der Waals surface area contributed by atoms with Gasteiger partial charge in [0.15, 0.2) is 11.3 Å². The van der Waals surface area contributed by atoms with Gasteiger partial charge in [0.05, 0.1) is 6.61 Å². The zero-order valence-electron chi connectivity index (χ0n) is 22.1. The number of aliphatic hydroxyl groups is 1. The molecule has 4 heterocycles. The van der Waals surface area contributed by atoms with Gasteiger partial charge in [0.25, 0.3) is 5.56 Å². The van der Waals surface area contributed by atoms with E-state index in [0.29, 0.717) is 23.0 Å². The average Bonchev–Trinajstić information content (AvgIpc) is 3.41. The first-order chi connectivity index (χ1) is 18.8. The molecule has 11 nitrogen and oxygen atoms in total. The summed E-state index contributed by atoms with van der Waals surface area (Å²) in [6, 6.07) is 3.78. The van der Waals surface area contributed by atoms with Crippen molar-refractivity contribution in [3.05, 3.63) is 67.6 Å². The van der Waals surface area contributed by atoms with Crippen LogP contribution in [0.5, 0.6) is 0 Å². The van der Waals surface area contributed by atoms with Crippen LogP contribution < -0.4 is 21.9 Å². The number of aliphatic hydroxyl groups excluding tert-OH is 1. The molecular formula is C26H36BrN7O4S. The molecule has 2 aromatic rings. The second-order valence-corrected chi connectivity index (χ2v) is 11.0. The summed E-state index contributed by atoms with van der Waals surface area (Å²) in [5.41, 5.74) is -0.156. The zero-order chi connectivity index (χ0) is 27.8. The Morgan fingerprint density at radius 2 is 1.85 bits per heavy atom. The first kappa shape index (κ1) is 29.6. The van der Waals surface area contributed by atoms with Crippen molar-refractivity contribution >= 4 is 39.1 Å². The maximum absolute atomic E-state index is 13.0. The number of piperazine rings is 1. The molecule has 0 saturated carbocycles. The maximum atomic E-state index is 13.0. The molecule has 1 saturated heterocycles. The van der Waals surface area contributed by atoms with Crippen molar-refractivity contribution in [3.63, 3.8) is 0 Å². The minimum absolute atomic E-state index is 0.150. The number of pyridine rings is 1. The van der Waals surface area contributed by atoms with Crippen molar-refractivity contribution in [2.75, 3.05) is 57.7 Å². The van der Waals surface area contributed by atoms with Crippen molar-refractivity contribution in [2.24, 2.45) is 0 Å². The van der Waals surface area contributed by atoms with Gasteiger partial charge in [-0.25, -0.2) is 9.78 Å². The molecule has 13 heteroatoms. The van der Waals surface area contributed by atoms with Crippen molar-refractivity contribution < 1.29 is 9.84 Å². The van der Waals surface area contributed by atoms with Crippen molar-refractivity contribution in [1.29, 1.82) is 0 Å². The van der Waals surface area contributed by atoms with Gasteiger partial charge in [0.1, 0.15) is 11.9 Å². The maximum Gasteiger partial charge on any atom is 0.333 e. The van der Waals surface area contributed by atoms with Gasteiger partial charge in [0, 0.05) is 68.2 Å². The quantitative estimate of drug-likeness (QED) is 0.193. The minimum atomic E-state index is -0.609. The predicted octanol–water partition coefficient (Wildman–Crippen LogP) is 1.31. The topological polar surface area (TPSA) is 117 Å². The highest BCUT2D eigenvalue weighted by Gasteiger charge is 2.23. The van der Waals surface area contributed by atoms with E-state index in [2.05, 4.69) is 41.3 Å². The molecule has 0 radical (unpaired) electrons. The van der Waals surface area contributed by atoms with Crippen molar-refractivity contribution in [3.8, 4) is 0 Å². The molecule has 1 fully saturated rings. The third-order valence-electron chi connectivity index (χ3n) is 6.88. The lowest BCUT2D eigenvalue weighted by Gasteiger charge is -2.34. The number of nitrogens with one attached hydrogen (secondary N) is 2. The van der Waals surface area contributed by atoms with Crippen LogP contribution in [0.2, 0.25) is 0 Å². The molecule has 2 aliphatic rings. The summed E-state index contributed by atoms with van der Waals surface area (Å²) >= 11 is 8.72. The molecule has 39 heavy (non-hydrogen) atoms. The molecule has 0 spiro atoms. The number of nitrogens with zero attached hydrogens (tertiary/aromatic N) is 5. The molecule has 4 rings (SSSR count). The van der Waals surface area contributed by atoms with E-state index in [0.717, 1.165) is 63.1 Å². The van der Waals surface area contributed by atoms with E-state index >= 15 is 0 Å². The van der Waals surface area contributed by atoms with Crippen LogP contribution in [0.15, 0.2) is 50.7 Å². The van der Waals surface area contributed by atoms with E-state index in [1.807, 2.05) is 12.1 Å². The smallest absolute Gasteiger partial charge is 0.333 e. The van der Waals surface area contributed by atoms with Crippen LogP contribution >= 0.6 is 28.1 Å². The third-order valence-corrected chi connectivity index (χ3v) is 7.59. The Hall–Kier alpha value is -2.42. The molecule has 0 aliphatic carbocycles. The Morgan fingerprint density at radius 1 is 1.13 bits per heavy atom. The summed E-state index contributed by atoms with van der Waals surface area (Å²) in [6.45, 7) is 8.47. The predicted molar refractivity (Wildman–Crippen MR) is 158 cm³/mol. The lowest BCUT2D eigenvalue weighted by atomic mass is 10.2. The lowest BCUT2D eigenvalue weighted by Crippen LogP contribution is -2.48. The van der Waals surface area contributed by atoms with E-state index in [9.17, 15) is 14.7 Å². The van der Waals surface area contributed by atoms with Gasteiger partial charge >= 0.3 is 5.69 Å². The van der Waals surface area contributed by atoms with Crippen molar-refractivity contribution in [1.82, 2.24) is 29.2 Å². The lowest BCUT2D eigenvalue weighted by molar-refractivity contribution is -0.0111. The fourth-order valence-corrected chi connectivity index (χ4v) is 5.11. The van der Waals surface area contributed by atoms with Crippen LogP contribution in [-0.2, 0) is 11.3 Å². The van der Waals surface area contributed by atoms with Crippen LogP contribution in [0, 0.1) is 6.92 Å². The van der Waals surface area contributed by atoms with Crippen LogP contribution in [0.1, 0.15) is 24.6 Å². The largest absolute Gasteiger partial charge is 0.393 e.